The van der Waals surface area contributed by atoms with E-state index in [-0.39, 0.29) is 34.6 Å². The fraction of sp³-hybridized carbons (Fsp3) is 0.385. The van der Waals surface area contributed by atoms with Gasteiger partial charge in [-0.1, -0.05) is 17.7 Å². The van der Waals surface area contributed by atoms with Crippen LogP contribution in [0.2, 0.25) is 5.02 Å². The van der Waals surface area contributed by atoms with Gasteiger partial charge in [0.05, 0.1) is 10.5 Å². The van der Waals surface area contributed by atoms with Crippen LogP contribution in [-0.2, 0) is 4.79 Å². The molecule has 0 heterocycles. The van der Waals surface area contributed by atoms with Gasteiger partial charge in [0.25, 0.3) is 11.6 Å². The average Bonchev–Trinajstić information content (AvgIpc) is 3.27. The lowest BCUT2D eigenvalue weighted by Crippen LogP contribution is -2.35. The highest BCUT2D eigenvalue weighted by molar-refractivity contribution is 6.35. The predicted molar refractivity (Wildman–Crippen MR) is 76.2 cm³/mol. The Morgan fingerprint density at radius 1 is 1.29 bits per heavy atom. The molecule has 1 aromatic carbocycles. The van der Waals surface area contributed by atoms with Gasteiger partial charge in [-0.25, -0.2) is 0 Å². The molecule has 21 heavy (non-hydrogen) atoms. The maximum atomic E-state index is 11.9. The van der Waals surface area contributed by atoms with Crippen molar-refractivity contribution in [1.29, 1.82) is 0 Å². The summed E-state index contributed by atoms with van der Waals surface area (Å²) in [6.07, 6.45) is 1.84. The molecule has 2 N–H and O–H groups in total. The second-order valence-electron chi connectivity index (χ2n) is 4.72. The van der Waals surface area contributed by atoms with Gasteiger partial charge in [-0.15, -0.1) is 0 Å². The molecule has 0 unspecified atom stereocenters. The van der Waals surface area contributed by atoms with Crippen molar-refractivity contribution in [3.8, 4) is 0 Å². The zero-order valence-electron chi connectivity index (χ0n) is 11.1. The summed E-state index contributed by atoms with van der Waals surface area (Å²) in [7, 11) is 0. The first-order valence-corrected chi connectivity index (χ1v) is 6.87. The number of halogens is 1. The third kappa shape index (κ3) is 3.91. The van der Waals surface area contributed by atoms with Crippen molar-refractivity contribution in [1.82, 2.24) is 10.6 Å². The summed E-state index contributed by atoms with van der Waals surface area (Å²) in [4.78, 5) is 33.4. The van der Waals surface area contributed by atoms with Crippen molar-refractivity contribution in [3.05, 3.63) is 38.9 Å². The molecule has 2 amide bonds. The summed E-state index contributed by atoms with van der Waals surface area (Å²) in [5.74, 6) is -0.395. The number of hydrogen-bond donors (Lipinski definition) is 2. The third-order valence-corrected chi connectivity index (χ3v) is 3.47. The Morgan fingerprint density at radius 3 is 2.57 bits per heavy atom. The molecule has 1 aliphatic carbocycles. The van der Waals surface area contributed by atoms with Gasteiger partial charge < -0.3 is 10.6 Å². The molecule has 8 heteroatoms. The highest BCUT2D eigenvalue weighted by Gasteiger charge is 2.29. The van der Waals surface area contributed by atoms with Gasteiger partial charge in [0.1, 0.15) is 5.02 Å². The number of nitrogens with one attached hydrogen (secondary N) is 2. The first-order valence-electron chi connectivity index (χ1n) is 6.49. The van der Waals surface area contributed by atoms with Crippen LogP contribution in [0.25, 0.3) is 0 Å². The Kier molecular flexibility index (Phi) is 4.74. The van der Waals surface area contributed by atoms with E-state index in [0.717, 1.165) is 12.8 Å². The molecule has 0 bridgehead atoms. The van der Waals surface area contributed by atoms with Crippen LogP contribution in [0.15, 0.2) is 18.2 Å². The van der Waals surface area contributed by atoms with Crippen molar-refractivity contribution >= 4 is 29.1 Å². The van der Waals surface area contributed by atoms with E-state index in [2.05, 4.69) is 10.6 Å². The molecule has 0 spiro atoms. The number of nitrogens with zero attached hydrogens (tertiary/aromatic N) is 1. The molecule has 1 aromatic rings. The van der Waals surface area contributed by atoms with E-state index in [9.17, 15) is 19.7 Å². The zero-order chi connectivity index (χ0) is 15.4. The van der Waals surface area contributed by atoms with Crippen LogP contribution in [0.4, 0.5) is 5.69 Å². The van der Waals surface area contributed by atoms with Crippen molar-refractivity contribution in [2.75, 3.05) is 13.1 Å². The van der Waals surface area contributed by atoms with Crippen LogP contribution < -0.4 is 10.6 Å². The van der Waals surface area contributed by atoms with Crippen molar-refractivity contribution in [2.24, 2.45) is 5.92 Å². The highest BCUT2D eigenvalue weighted by atomic mass is 35.5. The number of benzene rings is 1. The second kappa shape index (κ2) is 6.53. The Morgan fingerprint density at radius 2 is 1.95 bits per heavy atom. The van der Waals surface area contributed by atoms with Gasteiger partial charge >= 0.3 is 0 Å². The molecular formula is C13H14ClN3O4. The molecule has 1 saturated carbocycles. The number of rotatable bonds is 6. The summed E-state index contributed by atoms with van der Waals surface area (Å²) in [5.41, 5.74) is -0.272. The van der Waals surface area contributed by atoms with Gasteiger partial charge in [0.2, 0.25) is 5.91 Å². The molecule has 2 rings (SSSR count). The van der Waals surface area contributed by atoms with Crippen molar-refractivity contribution < 1.29 is 14.5 Å². The van der Waals surface area contributed by atoms with Crippen molar-refractivity contribution in [3.63, 3.8) is 0 Å². The smallest absolute Gasteiger partial charge is 0.288 e. The first kappa shape index (κ1) is 15.2. The minimum atomic E-state index is -0.644. The van der Waals surface area contributed by atoms with E-state index in [1.54, 1.807) is 0 Å². The summed E-state index contributed by atoms with van der Waals surface area (Å²) in [6.45, 7) is 0.546. The fourth-order valence-corrected chi connectivity index (χ4v) is 2.06. The van der Waals surface area contributed by atoms with Crippen LogP contribution >= 0.6 is 11.6 Å². The molecule has 7 nitrogen and oxygen atoms in total. The lowest BCUT2D eigenvalue weighted by atomic mass is 10.2. The molecular weight excluding hydrogens is 298 g/mol. The Bertz CT molecular complexity index is 587. The van der Waals surface area contributed by atoms with Crippen LogP contribution in [0.1, 0.15) is 23.2 Å². The second-order valence-corrected chi connectivity index (χ2v) is 5.09. The van der Waals surface area contributed by atoms with E-state index in [0.29, 0.717) is 6.54 Å². The number of carbonyl (C=O) groups is 2. The van der Waals surface area contributed by atoms with E-state index < -0.39 is 10.8 Å². The quantitative estimate of drug-likeness (QED) is 0.472. The van der Waals surface area contributed by atoms with Crippen LogP contribution in [0, 0.1) is 16.0 Å². The van der Waals surface area contributed by atoms with Gasteiger partial charge in [-0.2, -0.15) is 0 Å². The molecule has 112 valence electrons. The molecule has 0 aromatic heterocycles. The Balaban J connectivity index is 1.86. The SMILES string of the molecule is O=C(NCCNC(=O)C1CC1)c1cccc([N+](=O)[O-])c1Cl. The van der Waals surface area contributed by atoms with Gasteiger partial charge in [0.15, 0.2) is 0 Å². The molecule has 0 atom stereocenters. The maximum Gasteiger partial charge on any atom is 0.288 e. The molecule has 0 aliphatic heterocycles. The van der Waals surface area contributed by atoms with Gasteiger partial charge in [0, 0.05) is 25.1 Å². The molecule has 1 fully saturated rings. The number of carbonyl (C=O) groups excluding carboxylic acids is 2. The van der Waals surface area contributed by atoms with Crippen LogP contribution in [0.5, 0.6) is 0 Å². The van der Waals surface area contributed by atoms with E-state index in [1.807, 2.05) is 0 Å². The summed E-state index contributed by atoms with van der Waals surface area (Å²) >= 11 is 5.84. The molecule has 1 aliphatic rings. The van der Waals surface area contributed by atoms with Crippen LogP contribution in [-0.4, -0.2) is 29.8 Å². The number of nitro groups is 1. The van der Waals surface area contributed by atoms with E-state index in [1.165, 1.54) is 18.2 Å². The predicted octanol–water partition coefficient (Wildman–Crippen LogP) is 1.50. The number of nitro benzene ring substituents is 1. The highest BCUT2D eigenvalue weighted by Crippen LogP contribution is 2.28. The molecule has 0 saturated heterocycles. The van der Waals surface area contributed by atoms with E-state index >= 15 is 0 Å². The first-order chi connectivity index (χ1) is 10.0. The topological polar surface area (TPSA) is 101 Å². The minimum Gasteiger partial charge on any atom is -0.354 e. The van der Waals surface area contributed by atoms with Gasteiger partial charge in [-0.3, -0.25) is 19.7 Å². The summed E-state index contributed by atoms with van der Waals surface area (Å²) < 4.78 is 0. The molecule has 0 radical (unpaired) electrons. The number of hydrogen-bond acceptors (Lipinski definition) is 4. The lowest BCUT2D eigenvalue weighted by Gasteiger charge is -2.08. The minimum absolute atomic E-state index is 0.00219. The van der Waals surface area contributed by atoms with Gasteiger partial charge in [-0.05, 0) is 18.9 Å². The Hall–Kier alpha value is -2.15. The summed E-state index contributed by atoms with van der Waals surface area (Å²) in [6, 6.07) is 4.04. The van der Waals surface area contributed by atoms with Crippen LogP contribution in [0.3, 0.4) is 0 Å². The largest absolute Gasteiger partial charge is 0.354 e. The zero-order valence-corrected chi connectivity index (χ0v) is 11.9. The normalized spacial score (nSPS) is 13.6. The lowest BCUT2D eigenvalue weighted by molar-refractivity contribution is -0.384. The third-order valence-electron chi connectivity index (χ3n) is 3.08. The van der Waals surface area contributed by atoms with Crippen molar-refractivity contribution in [2.45, 2.75) is 12.8 Å². The maximum absolute atomic E-state index is 11.9. The standard InChI is InChI=1S/C13H14ClN3O4/c14-11-9(2-1-3-10(11)17(20)21)13(19)16-7-6-15-12(18)8-4-5-8/h1-3,8H,4-7H2,(H,15,18)(H,16,19). The fourth-order valence-electron chi connectivity index (χ4n) is 1.78. The average molecular weight is 312 g/mol. The van der Waals surface area contributed by atoms with E-state index in [4.69, 9.17) is 11.6 Å². The monoisotopic (exact) mass is 311 g/mol. The summed E-state index contributed by atoms with van der Waals surface area (Å²) in [5, 5.41) is 15.8. The number of amides is 2. The Labute approximate surface area is 125 Å².